The second kappa shape index (κ2) is 2.38. The SMILES string of the molecule is O=C1CC(=O)C2=C1C=C1N=CC=C1C2. The van der Waals surface area contributed by atoms with E-state index in [0.717, 1.165) is 11.3 Å². The Morgan fingerprint density at radius 1 is 1.14 bits per heavy atom. The first-order chi connectivity index (χ1) is 6.75. The average molecular weight is 185 g/mol. The maximum Gasteiger partial charge on any atom is 0.171 e. The molecule has 14 heavy (non-hydrogen) atoms. The fourth-order valence-corrected chi connectivity index (χ4v) is 2.01. The van der Waals surface area contributed by atoms with Gasteiger partial charge < -0.3 is 0 Å². The van der Waals surface area contributed by atoms with E-state index in [4.69, 9.17) is 0 Å². The van der Waals surface area contributed by atoms with Crippen molar-refractivity contribution < 1.29 is 9.59 Å². The van der Waals surface area contributed by atoms with Crippen molar-refractivity contribution in [2.45, 2.75) is 12.8 Å². The maximum atomic E-state index is 11.4. The largest absolute Gasteiger partial charge is 0.294 e. The van der Waals surface area contributed by atoms with Crippen LogP contribution in [0.3, 0.4) is 0 Å². The summed E-state index contributed by atoms with van der Waals surface area (Å²) in [6.45, 7) is 0. The topological polar surface area (TPSA) is 46.5 Å². The number of Topliss-reactive ketones (excluding diaryl/α,β-unsaturated/α-hetero) is 2. The van der Waals surface area contributed by atoms with Gasteiger partial charge in [0.2, 0.25) is 0 Å². The van der Waals surface area contributed by atoms with E-state index in [-0.39, 0.29) is 18.0 Å². The van der Waals surface area contributed by atoms with Gasteiger partial charge in [0.05, 0.1) is 12.1 Å². The highest BCUT2D eigenvalue weighted by Gasteiger charge is 2.33. The summed E-state index contributed by atoms with van der Waals surface area (Å²) in [5.74, 6) is -0.0771. The van der Waals surface area contributed by atoms with Crippen LogP contribution >= 0.6 is 0 Å². The van der Waals surface area contributed by atoms with Crippen LogP contribution in [0.15, 0.2) is 39.6 Å². The van der Waals surface area contributed by atoms with Crippen LogP contribution in [-0.2, 0) is 9.59 Å². The number of allylic oxidation sites excluding steroid dienone is 5. The molecule has 0 N–H and O–H groups in total. The van der Waals surface area contributed by atoms with Crippen molar-refractivity contribution in [2.24, 2.45) is 4.99 Å². The third-order valence-corrected chi connectivity index (χ3v) is 2.75. The summed E-state index contributed by atoms with van der Waals surface area (Å²) in [4.78, 5) is 27.0. The van der Waals surface area contributed by atoms with Crippen LogP contribution in [0.1, 0.15) is 12.8 Å². The molecule has 1 heterocycles. The van der Waals surface area contributed by atoms with Gasteiger partial charge in [-0.2, -0.15) is 0 Å². The Labute approximate surface area is 80.5 Å². The van der Waals surface area contributed by atoms with Crippen LogP contribution < -0.4 is 0 Å². The molecule has 0 aromatic rings. The Balaban J connectivity index is 2.17. The lowest BCUT2D eigenvalue weighted by Gasteiger charge is -2.10. The van der Waals surface area contributed by atoms with Gasteiger partial charge in [-0.3, -0.25) is 14.6 Å². The number of carbonyl (C=O) groups excluding carboxylic acids is 2. The highest BCUT2D eigenvalue weighted by atomic mass is 16.2. The first-order valence-electron chi connectivity index (χ1n) is 4.50. The second-order valence-corrected chi connectivity index (χ2v) is 3.59. The number of nitrogens with zero attached hydrogens (tertiary/aromatic N) is 1. The van der Waals surface area contributed by atoms with E-state index in [1.807, 2.05) is 6.08 Å². The Kier molecular flexibility index (Phi) is 1.29. The predicted molar refractivity (Wildman–Crippen MR) is 50.9 cm³/mol. The maximum absolute atomic E-state index is 11.4. The average Bonchev–Trinajstić information content (AvgIpc) is 2.70. The lowest BCUT2D eigenvalue weighted by Crippen LogP contribution is -2.02. The first-order valence-corrected chi connectivity index (χ1v) is 4.50. The molecule has 0 spiro atoms. The molecule has 0 radical (unpaired) electrons. The van der Waals surface area contributed by atoms with Gasteiger partial charge in [-0.05, 0) is 17.7 Å². The van der Waals surface area contributed by atoms with Crippen molar-refractivity contribution in [3.63, 3.8) is 0 Å². The minimum atomic E-state index is -0.0568. The molecule has 3 rings (SSSR count). The minimum Gasteiger partial charge on any atom is -0.294 e. The number of fused-ring (bicyclic) bond motifs is 1. The van der Waals surface area contributed by atoms with E-state index >= 15 is 0 Å². The lowest BCUT2D eigenvalue weighted by atomic mass is 9.93. The van der Waals surface area contributed by atoms with Crippen LogP contribution in [0.2, 0.25) is 0 Å². The lowest BCUT2D eigenvalue weighted by molar-refractivity contribution is -0.120. The summed E-state index contributed by atoms with van der Waals surface area (Å²) >= 11 is 0. The Hall–Kier alpha value is -1.77. The predicted octanol–water partition coefficient (Wildman–Crippen LogP) is 1.12. The van der Waals surface area contributed by atoms with Gasteiger partial charge in [-0.1, -0.05) is 0 Å². The molecule has 3 heteroatoms. The second-order valence-electron chi connectivity index (χ2n) is 3.59. The Morgan fingerprint density at radius 3 is 2.86 bits per heavy atom. The number of rotatable bonds is 0. The van der Waals surface area contributed by atoms with Gasteiger partial charge in [0.15, 0.2) is 11.6 Å². The molecule has 0 saturated heterocycles. The van der Waals surface area contributed by atoms with Crippen molar-refractivity contribution in [1.82, 2.24) is 0 Å². The van der Waals surface area contributed by atoms with Crippen molar-refractivity contribution >= 4 is 17.8 Å². The van der Waals surface area contributed by atoms with Gasteiger partial charge >= 0.3 is 0 Å². The molecule has 0 aromatic heterocycles. The summed E-state index contributed by atoms with van der Waals surface area (Å²) in [6.07, 6.45) is 5.96. The Bertz CT molecular complexity index is 489. The van der Waals surface area contributed by atoms with E-state index in [0.29, 0.717) is 17.6 Å². The quantitative estimate of drug-likeness (QED) is 0.531. The smallest absolute Gasteiger partial charge is 0.171 e. The molecule has 3 nitrogen and oxygen atoms in total. The number of aliphatic imine (C=N–C) groups is 1. The highest BCUT2D eigenvalue weighted by Crippen LogP contribution is 2.36. The Morgan fingerprint density at radius 2 is 2.00 bits per heavy atom. The van der Waals surface area contributed by atoms with E-state index < -0.39 is 0 Å². The summed E-state index contributed by atoms with van der Waals surface area (Å²) < 4.78 is 0. The summed E-state index contributed by atoms with van der Waals surface area (Å²) in [6, 6.07) is 0. The molecule has 0 bridgehead atoms. The number of hydrogen-bond acceptors (Lipinski definition) is 3. The van der Waals surface area contributed by atoms with Crippen LogP contribution in [0.5, 0.6) is 0 Å². The molecule has 2 aliphatic carbocycles. The van der Waals surface area contributed by atoms with Gasteiger partial charge in [-0.15, -0.1) is 0 Å². The summed E-state index contributed by atoms with van der Waals surface area (Å²) in [5.41, 5.74) is 3.15. The van der Waals surface area contributed by atoms with Crippen molar-refractivity contribution in [1.29, 1.82) is 0 Å². The van der Waals surface area contributed by atoms with Crippen molar-refractivity contribution in [3.05, 3.63) is 34.6 Å². The van der Waals surface area contributed by atoms with Gasteiger partial charge in [0, 0.05) is 23.8 Å². The van der Waals surface area contributed by atoms with E-state index in [1.54, 1.807) is 12.3 Å². The fourth-order valence-electron chi connectivity index (χ4n) is 2.01. The fraction of sp³-hybridized carbons (Fsp3) is 0.182. The molecule has 68 valence electrons. The van der Waals surface area contributed by atoms with Gasteiger partial charge in [0.25, 0.3) is 0 Å². The van der Waals surface area contributed by atoms with Crippen LogP contribution in [-0.4, -0.2) is 17.8 Å². The van der Waals surface area contributed by atoms with E-state index in [2.05, 4.69) is 4.99 Å². The number of carbonyl (C=O) groups is 2. The molecule has 0 fully saturated rings. The first kappa shape index (κ1) is 7.62. The van der Waals surface area contributed by atoms with Gasteiger partial charge in [-0.25, -0.2) is 0 Å². The molecule has 0 atom stereocenters. The molecular formula is C11H7NO2. The number of ketones is 2. The van der Waals surface area contributed by atoms with Crippen molar-refractivity contribution in [2.75, 3.05) is 0 Å². The van der Waals surface area contributed by atoms with Crippen molar-refractivity contribution in [3.8, 4) is 0 Å². The molecule has 0 unspecified atom stereocenters. The third-order valence-electron chi connectivity index (χ3n) is 2.75. The summed E-state index contributed by atoms with van der Waals surface area (Å²) in [5, 5.41) is 0. The standard InChI is InChI=1S/C11H7NO2/c13-10-5-11(14)8-4-9-6(1-2-12-9)3-7(8)10/h1-2,4H,3,5H2. The molecule has 0 aromatic carbocycles. The van der Waals surface area contributed by atoms with E-state index in [1.165, 1.54) is 0 Å². The molecule has 0 amide bonds. The van der Waals surface area contributed by atoms with Crippen LogP contribution in [0.25, 0.3) is 0 Å². The van der Waals surface area contributed by atoms with Crippen LogP contribution in [0, 0.1) is 0 Å². The van der Waals surface area contributed by atoms with Crippen LogP contribution in [0.4, 0.5) is 0 Å². The minimum absolute atomic E-state index is 0.0203. The molecule has 0 saturated carbocycles. The molecular weight excluding hydrogens is 178 g/mol. The summed E-state index contributed by atoms with van der Waals surface area (Å²) in [7, 11) is 0. The normalized spacial score (nSPS) is 23.7. The zero-order valence-electron chi connectivity index (χ0n) is 7.41. The van der Waals surface area contributed by atoms with Gasteiger partial charge in [0.1, 0.15) is 0 Å². The zero-order valence-corrected chi connectivity index (χ0v) is 7.41. The highest BCUT2D eigenvalue weighted by molar-refractivity contribution is 6.24. The molecule has 3 aliphatic rings. The third kappa shape index (κ3) is 0.839. The molecule has 1 aliphatic heterocycles. The number of hydrogen-bond donors (Lipinski definition) is 0. The van der Waals surface area contributed by atoms with E-state index in [9.17, 15) is 9.59 Å². The zero-order chi connectivity index (χ0) is 9.71. The monoisotopic (exact) mass is 185 g/mol.